The minimum Gasteiger partial charge on any atom is -0.458 e. The number of carbonyl (C=O) groups excluding carboxylic acids is 2. The van der Waals surface area contributed by atoms with E-state index in [-0.39, 0.29) is 11.8 Å². The van der Waals surface area contributed by atoms with Gasteiger partial charge in [0.2, 0.25) is 5.91 Å². The zero-order valence-corrected chi connectivity index (χ0v) is 13.6. The molecule has 1 aromatic heterocycles. The molecule has 0 saturated carbocycles. The molecule has 0 fully saturated rings. The molecule has 1 heterocycles. The normalized spacial score (nSPS) is 14.6. The van der Waals surface area contributed by atoms with E-state index < -0.39 is 23.7 Å². The number of hydrogen-bond donors (Lipinski definition) is 1. The highest BCUT2D eigenvalue weighted by Gasteiger charge is 2.30. The Morgan fingerprint density at radius 2 is 1.86 bits per heavy atom. The lowest BCUT2D eigenvalue weighted by Gasteiger charge is -2.27. The van der Waals surface area contributed by atoms with Gasteiger partial charge in [0.05, 0.1) is 0 Å². The van der Waals surface area contributed by atoms with Crippen molar-refractivity contribution in [3.05, 3.63) is 18.5 Å². The lowest BCUT2D eigenvalue weighted by Crippen LogP contribution is -2.49. The molecule has 0 bridgehead atoms. The molecule has 6 nitrogen and oxygen atoms in total. The number of esters is 1. The minimum absolute atomic E-state index is 0.0615. The maximum Gasteiger partial charge on any atom is 0.329 e. The molecule has 1 rings (SSSR count). The summed E-state index contributed by atoms with van der Waals surface area (Å²) in [5.74, 6) is -0.740. The molecule has 6 heteroatoms. The Morgan fingerprint density at radius 3 is 2.29 bits per heavy atom. The molecule has 0 aliphatic heterocycles. The summed E-state index contributed by atoms with van der Waals surface area (Å²) in [6.07, 6.45) is 3.32. The molecule has 1 amide bonds. The smallest absolute Gasteiger partial charge is 0.329 e. The summed E-state index contributed by atoms with van der Waals surface area (Å²) in [5, 5.41) is 6.79. The molecule has 118 valence electrons. The summed E-state index contributed by atoms with van der Waals surface area (Å²) in [5.41, 5.74) is -0.581. The van der Waals surface area contributed by atoms with Crippen LogP contribution in [-0.2, 0) is 14.3 Å². The molecule has 1 aromatic rings. The molecule has 1 N–H and O–H groups in total. The number of carbonyl (C=O) groups is 2. The number of aromatic nitrogens is 2. The Labute approximate surface area is 125 Å². The number of hydrogen-bond acceptors (Lipinski definition) is 4. The van der Waals surface area contributed by atoms with Crippen LogP contribution in [0.2, 0.25) is 0 Å². The Hall–Kier alpha value is -1.85. The number of nitrogens with zero attached hydrogens (tertiary/aromatic N) is 2. The molecule has 0 radical (unpaired) electrons. The third kappa shape index (κ3) is 5.21. The van der Waals surface area contributed by atoms with Crippen LogP contribution in [0, 0.1) is 5.92 Å². The molecular weight excluding hydrogens is 270 g/mol. The van der Waals surface area contributed by atoms with Crippen molar-refractivity contribution in [2.24, 2.45) is 5.92 Å². The number of rotatable bonds is 5. The lowest BCUT2D eigenvalue weighted by atomic mass is 10.0. The van der Waals surface area contributed by atoms with Gasteiger partial charge in [0.25, 0.3) is 0 Å². The predicted octanol–water partition coefficient (Wildman–Crippen LogP) is 1.93. The van der Waals surface area contributed by atoms with E-state index in [0.29, 0.717) is 0 Å². The van der Waals surface area contributed by atoms with Crippen molar-refractivity contribution in [1.82, 2.24) is 15.1 Å². The van der Waals surface area contributed by atoms with Crippen LogP contribution >= 0.6 is 0 Å². The highest BCUT2D eigenvalue weighted by Crippen LogP contribution is 2.13. The zero-order chi connectivity index (χ0) is 16.2. The second-order valence-electron chi connectivity index (χ2n) is 6.43. The van der Waals surface area contributed by atoms with E-state index in [9.17, 15) is 9.59 Å². The van der Waals surface area contributed by atoms with Gasteiger partial charge in [0.15, 0.2) is 0 Å². The summed E-state index contributed by atoms with van der Waals surface area (Å²) in [4.78, 5) is 24.4. The highest BCUT2D eigenvalue weighted by molar-refractivity contribution is 5.86. The van der Waals surface area contributed by atoms with Crippen LogP contribution < -0.4 is 5.32 Å². The van der Waals surface area contributed by atoms with E-state index in [4.69, 9.17) is 4.74 Å². The van der Waals surface area contributed by atoms with Gasteiger partial charge in [-0.2, -0.15) is 5.10 Å². The average molecular weight is 295 g/mol. The van der Waals surface area contributed by atoms with E-state index in [1.165, 1.54) is 0 Å². The fraction of sp³-hybridized carbons (Fsp3) is 0.667. The van der Waals surface area contributed by atoms with Gasteiger partial charge in [0.1, 0.15) is 17.7 Å². The second-order valence-corrected chi connectivity index (χ2v) is 6.43. The van der Waals surface area contributed by atoms with Gasteiger partial charge in [-0.3, -0.25) is 9.48 Å². The van der Waals surface area contributed by atoms with Crippen molar-refractivity contribution in [1.29, 1.82) is 0 Å². The first-order valence-electron chi connectivity index (χ1n) is 7.14. The summed E-state index contributed by atoms with van der Waals surface area (Å²) < 4.78 is 6.90. The van der Waals surface area contributed by atoms with Crippen molar-refractivity contribution in [3.8, 4) is 0 Å². The Balaban J connectivity index is 2.74. The largest absolute Gasteiger partial charge is 0.458 e. The van der Waals surface area contributed by atoms with Crippen molar-refractivity contribution in [2.45, 2.75) is 59.2 Å². The quantitative estimate of drug-likeness (QED) is 0.842. The average Bonchev–Trinajstić information content (AvgIpc) is 2.85. The van der Waals surface area contributed by atoms with Crippen LogP contribution in [0.3, 0.4) is 0 Å². The van der Waals surface area contributed by atoms with E-state index in [0.717, 1.165) is 0 Å². The maximum atomic E-state index is 12.2. The first kappa shape index (κ1) is 17.2. The summed E-state index contributed by atoms with van der Waals surface area (Å²) >= 11 is 0. The van der Waals surface area contributed by atoms with E-state index >= 15 is 0 Å². The van der Waals surface area contributed by atoms with Crippen LogP contribution in [0.4, 0.5) is 0 Å². The third-order valence-corrected chi connectivity index (χ3v) is 2.93. The highest BCUT2D eigenvalue weighted by atomic mass is 16.6. The number of nitrogens with one attached hydrogen (secondary N) is 1. The summed E-state index contributed by atoms with van der Waals surface area (Å²) in [6.45, 7) is 10.9. The third-order valence-electron chi connectivity index (χ3n) is 2.93. The Bertz CT molecular complexity index is 475. The first-order chi connectivity index (χ1) is 9.61. The second kappa shape index (κ2) is 6.74. The Kier molecular flexibility index (Phi) is 5.52. The minimum atomic E-state index is -0.672. The number of ether oxygens (including phenoxy) is 1. The molecule has 21 heavy (non-hydrogen) atoms. The van der Waals surface area contributed by atoms with E-state index in [2.05, 4.69) is 10.4 Å². The summed E-state index contributed by atoms with van der Waals surface area (Å²) in [6, 6.07) is 0.593. The zero-order valence-electron chi connectivity index (χ0n) is 13.6. The lowest BCUT2D eigenvalue weighted by molar-refractivity contribution is -0.160. The molecule has 1 unspecified atom stereocenters. The van der Waals surface area contributed by atoms with Crippen LogP contribution in [0.25, 0.3) is 0 Å². The fourth-order valence-electron chi connectivity index (χ4n) is 1.77. The molecular formula is C15H25N3O3. The van der Waals surface area contributed by atoms with Crippen molar-refractivity contribution in [3.63, 3.8) is 0 Å². The van der Waals surface area contributed by atoms with Crippen LogP contribution in [0.5, 0.6) is 0 Å². The Morgan fingerprint density at radius 1 is 1.24 bits per heavy atom. The van der Waals surface area contributed by atoms with Gasteiger partial charge in [-0.25, -0.2) is 4.79 Å². The molecule has 0 aliphatic carbocycles. The topological polar surface area (TPSA) is 73.2 Å². The van der Waals surface area contributed by atoms with Gasteiger partial charge < -0.3 is 10.1 Å². The van der Waals surface area contributed by atoms with Gasteiger partial charge in [-0.05, 0) is 39.7 Å². The number of amides is 1. The van der Waals surface area contributed by atoms with Gasteiger partial charge in [-0.15, -0.1) is 0 Å². The molecule has 0 saturated heterocycles. The molecule has 0 aromatic carbocycles. The van der Waals surface area contributed by atoms with E-state index in [1.807, 2.05) is 13.8 Å². The van der Waals surface area contributed by atoms with Gasteiger partial charge in [0, 0.05) is 12.4 Å². The van der Waals surface area contributed by atoms with Crippen LogP contribution in [0.15, 0.2) is 18.5 Å². The predicted molar refractivity (Wildman–Crippen MR) is 79.6 cm³/mol. The van der Waals surface area contributed by atoms with Gasteiger partial charge >= 0.3 is 5.97 Å². The molecule has 2 atom stereocenters. The van der Waals surface area contributed by atoms with Crippen molar-refractivity contribution < 1.29 is 14.3 Å². The molecule has 0 aliphatic rings. The summed E-state index contributed by atoms with van der Waals surface area (Å²) in [7, 11) is 0. The monoisotopic (exact) mass is 295 g/mol. The standard InChI is InChI=1S/C15H25N3O3/c1-10(2)12(14(20)21-15(4,5)6)17-13(19)11(3)18-9-7-8-16-18/h7-12H,1-6H3,(H,17,19)/t11?,12-/m0/s1. The fourth-order valence-corrected chi connectivity index (χ4v) is 1.77. The van der Waals surface area contributed by atoms with Crippen LogP contribution in [-0.4, -0.2) is 33.3 Å². The molecule has 0 spiro atoms. The SMILES string of the molecule is CC(C)[C@H](NC(=O)C(C)n1cccn1)C(=O)OC(C)(C)C. The van der Waals surface area contributed by atoms with Crippen molar-refractivity contribution >= 4 is 11.9 Å². The van der Waals surface area contributed by atoms with Gasteiger partial charge in [-0.1, -0.05) is 13.8 Å². The van der Waals surface area contributed by atoms with Crippen molar-refractivity contribution in [2.75, 3.05) is 0 Å². The maximum absolute atomic E-state index is 12.2. The first-order valence-corrected chi connectivity index (χ1v) is 7.14. The van der Waals surface area contributed by atoms with Crippen LogP contribution in [0.1, 0.15) is 47.6 Å². The van der Waals surface area contributed by atoms with E-state index in [1.54, 1.807) is 50.8 Å².